The Hall–Kier alpha value is -3.81. The molecule has 0 bridgehead atoms. The Kier molecular flexibility index (Phi) is 7.71. The first-order valence-corrected chi connectivity index (χ1v) is 10.1. The summed E-state index contributed by atoms with van der Waals surface area (Å²) in [6.07, 6.45) is -5.17. The SMILES string of the molecule is O=C(O)CC(=O)C(CCc1ccccc1)Oc1ccc(Oc2ccc(C(F)(F)F)cc2)cc1. The quantitative estimate of drug-likeness (QED) is 0.382. The average Bonchev–Trinajstić information content (AvgIpc) is 2.77. The molecule has 0 aliphatic carbocycles. The van der Waals surface area contributed by atoms with Gasteiger partial charge in [0.1, 0.15) is 23.7 Å². The van der Waals surface area contributed by atoms with Gasteiger partial charge < -0.3 is 14.6 Å². The van der Waals surface area contributed by atoms with Crippen LogP contribution in [0.15, 0.2) is 78.9 Å². The summed E-state index contributed by atoms with van der Waals surface area (Å²) in [4.78, 5) is 23.4. The van der Waals surface area contributed by atoms with E-state index in [-0.39, 0.29) is 5.75 Å². The molecule has 0 spiro atoms. The topological polar surface area (TPSA) is 72.8 Å². The number of carboxylic acid groups (broad SMARTS) is 1. The molecule has 0 aliphatic rings. The van der Waals surface area contributed by atoms with Crippen LogP contribution >= 0.6 is 0 Å². The molecule has 5 nitrogen and oxygen atoms in total. The highest BCUT2D eigenvalue weighted by atomic mass is 19.4. The zero-order valence-electron chi connectivity index (χ0n) is 17.4. The van der Waals surface area contributed by atoms with Gasteiger partial charge in [-0.05, 0) is 66.9 Å². The van der Waals surface area contributed by atoms with Gasteiger partial charge in [0.15, 0.2) is 11.9 Å². The van der Waals surface area contributed by atoms with Crippen LogP contribution < -0.4 is 9.47 Å². The highest BCUT2D eigenvalue weighted by Crippen LogP contribution is 2.31. The Labute approximate surface area is 188 Å². The van der Waals surface area contributed by atoms with Crippen LogP contribution in [0.2, 0.25) is 0 Å². The minimum atomic E-state index is -4.42. The highest BCUT2D eigenvalue weighted by Gasteiger charge is 2.30. The summed E-state index contributed by atoms with van der Waals surface area (Å²) in [7, 11) is 0. The Bertz CT molecular complexity index is 1060. The van der Waals surface area contributed by atoms with Gasteiger partial charge in [-0.1, -0.05) is 30.3 Å². The summed E-state index contributed by atoms with van der Waals surface area (Å²) in [5.74, 6) is -0.836. The van der Waals surface area contributed by atoms with Crippen LogP contribution in [-0.4, -0.2) is 23.0 Å². The van der Waals surface area contributed by atoms with Crippen molar-refractivity contribution in [2.24, 2.45) is 0 Å². The van der Waals surface area contributed by atoms with Crippen molar-refractivity contribution in [1.29, 1.82) is 0 Å². The van der Waals surface area contributed by atoms with Crippen LogP contribution in [0.1, 0.15) is 24.0 Å². The van der Waals surface area contributed by atoms with E-state index in [1.165, 1.54) is 12.1 Å². The van der Waals surface area contributed by atoms with Gasteiger partial charge in [-0.25, -0.2) is 0 Å². The molecule has 0 amide bonds. The number of hydrogen-bond acceptors (Lipinski definition) is 4. The van der Waals surface area contributed by atoms with Crippen LogP contribution in [0, 0.1) is 0 Å². The van der Waals surface area contributed by atoms with Gasteiger partial charge in [-0.2, -0.15) is 13.2 Å². The molecular formula is C25H21F3O5. The van der Waals surface area contributed by atoms with Crippen molar-refractivity contribution in [3.05, 3.63) is 90.0 Å². The molecule has 33 heavy (non-hydrogen) atoms. The van der Waals surface area contributed by atoms with Crippen molar-refractivity contribution in [3.8, 4) is 17.2 Å². The number of ether oxygens (including phenoxy) is 2. The van der Waals surface area contributed by atoms with Crippen molar-refractivity contribution in [1.82, 2.24) is 0 Å². The zero-order valence-corrected chi connectivity index (χ0v) is 17.4. The fourth-order valence-electron chi connectivity index (χ4n) is 3.09. The van der Waals surface area contributed by atoms with Crippen molar-refractivity contribution in [3.63, 3.8) is 0 Å². The number of ketones is 1. The predicted octanol–water partition coefficient (Wildman–Crippen LogP) is 5.92. The number of aryl methyl sites for hydroxylation is 1. The summed E-state index contributed by atoms with van der Waals surface area (Å²) in [6.45, 7) is 0. The molecule has 8 heteroatoms. The van der Waals surface area contributed by atoms with Crippen LogP contribution in [0.4, 0.5) is 13.2 Å². The summed E-state index contributed by atoms with van der Waals surface area (Å²) in [6, 6.07) is 19.9. The molecule has 1 N–H and O–H groups in total. The fraction of sp³-hybridized carbons (Fsp3) is 0.200. The molecule has 0 heterocycles. The van der Waals surface area contributed by atoms with E-state index in [1.807, 2.05) is 30.3 Å². The van der Waals surface area contributed by atoms with Gasteiger partial charge in [-0.15, -0.1) is 0 Å². The summed E-state index contributed by atoms with van der Waals surface area (Å²) >= 11 is 0. The number of hydrogen-bond donors (Lipinski definition) is 1. The maximum Gasteiger partial charge on any atom is 0.416 e. The number of alkyl halides is 3. The number of aliphatic carboxylic acids is 1. The lowest BCUT2D eigenvalue weighted by atomic mass is 10.0. The standard InChI is InChI=1S/C25H21F3O5/c26-25(27,28)18-7-9-19(10-8-18)32-20-11-13-21(14-12-20)33-23(22(29)16-24(30)31)15-6-17-4-2-1-3-5-17/h1-5,7-14,23H,6,15-16H2,(H,30,31). The second-order valence-electron chi connectivity index (χ2n) is 7.26. The number of carbonyl (C=O) groups is 2. The van der Waals surface area contributed by atoms with E-state index < -0.39 is 36.0 Å². The van der Waals surface area contributed by atoms with E-state index >= 15 is 0 Å². The molecule has 0 aliphatic heterocycles. The third-order valence-electron chi connectivity index (χ3n) is 4.74. The lowest BCUT2D eigenvalue weighted by Gasteiger charge is -2.18. The van der Waals surface area contributed by atoms with Crippen LogP contribution in [0.25, 0.3) is 0 Å². The Morgan fingerprint density at radius 2 is 1.36 bits per heavy atom. The summed E-state index contributed by atoms with van der Waals surface area (Å²) in [5.41, 5.74) is 0.223. The number of carbonyl (C=O) groups excluding carboxylic acids is 1. The molecule has 0 radical (unpaired) electrons. The zero-order chi connectivity index (χ0) is 23.8. The van der Waals surface area contributed by atoms with E-state index in [0.29, 0.717) is 24.3 Å². The number of Topliss-reactive ketones (excluding diaryl/α,β-unsaturated/α-hetero) is 1. The predicted molar refractivity (Wildman–Crippen MR) is 114 cm³/mol. The minimum absolute atomic E-state index is 0.231. The molecule has 0 saturated heterocycles. The Balaban J connectivity index is 1.65. The van der Waals surface area contributed by atoms with Gasteiger partial charge in [0, 0.05) is 0 Å². The second-order valence-corrected chi connectivity index (χ2v) is 7.26. The Morgan fingerprint density at radius 3 is 1.91 bits per heavy atom. The third kappa shape index (κ3) is 7.38. The normalized spacial score (nSPS) is 12.1. The van der Waals surface area contributed by atoms with Crippen LogP contribution in [-0.2, 0) is 22.2 Å². The molecule has 1 unspecified atom stereocenters. The van der Waals surface area contributed by atoms with E-state index in [4.69, 9.17) is 14.6 Å². The van der Waals surface area contributed by atoms with Crippen molar-refractivity contribution >= 4 is 11.8 Å². The van der Waals surface area contributed by atoms with Gasteiger partial charge in [0.05, 0.1) is 5.56 Å². The van der Waals surface area contributed by atoms with Gasteiger partial charge in [0.2, 0.25) is 0 Å². The molecule has 3 rings (SSSR count). The van der Waals surface area contributed by atoms with E-state index in [2.05, 4.69) is 0 Å². The largest absolute Gasteiger partial charge is 0.483 e. The molecular weight excluding hydrogens is 437 g/mol. The summed E-state index contributed by atoms with van der Waals surface area (Å²) in [5, 5.41) is 8.97. The lowest BCUT2D eigenvalue weighted by Crippen LogP contribution is -2.29. The smallest absolute Gasteiger partial charge is 0.416 e. The van der Waals surface area contributed by atoms with Gasteiger partial charge in [-0.3, -0.25) is 9.59 Å². The van der Waals surface area contributed by atoms with E-state index in [0.717, 1.165) is 17.7 Å². The first kappa shape index (κ1) is 23.8. The number of rotatable bonds is 10. The maximum atomic E-state index is 12.7. The lowest BCUT2D eigenvalue weighted by molar-refractivity contribution is -0.142. The monoisotopic (exact) mass is 458 g/mol. The molecule has 1 atom stereocenters. The average molecular weight is 458 g/mol. The first-order chi connectivity index (χ1) is 15.7. The number of benzene rings is 3. The third-order valence-corrected chi connectivity index (χ3v) is 4.74. The van der Waals surface area contributed by atoms with Crippen molar-refractivity contribution in [2.75, 3.05) is 0 Å². The van der Waals surface area contributed by atoms with Crippen LogP contribution in [0.5, 0.6) is 17.2 Å². The second kappa shape index (κ2) is 10.7. The fourth-order valence-corrected chi connectivity index (χ4v) is 3.09. The number of carboxylic acids is 1. The molecule has 0 saturated carbocycles. The minimum Gasteiger partial charge on any atom is -0.483 e. The first-order valence-electron chi connectivity index (χ1n) is 10.1. The highest BCUT2D eigenvalue weighted by molar-refractivity contribution is 5.97. The van der Waals surface area contributed by atoms with E-state index in [1.54, 1.807) is 24.3 Å². The van der Waals surface area contributed by atoms with Crippen molar-refractivity contribution in [2.45, 2.75) is 31.5 Å². The maximum absolute atomic E-state index is 12.7. The molecule has 3 aromatic rings. The summed E-state index contributed by atoms with van der Waals surface area (Å²) < 4.78 is 49.3. The van der Waals surface area contributed by atoms with Gasteiger partial charge >= 0.3 is 12.1 Å². The number of halogens is 3. The molecule has 172 valence electrons. The molecule has 0 fully saturated rings. The molecule has 0 aromatic heterocycles. The van der Waals surface area contributed by atoms with Crippen LogP contribution in [0.3, 0.4) is 0 Å². The van der Waals surface area contributed by atoms with Crippen molar-refractivity contribution < 1.29 is 37.3 Å². The van der Waals surface area contributed by atoms with Gasteiger partial charge in [0.25, 0.3) is 0 Å². The Morgan fingerprint density at radius 1 is 0.818 bits per heavy atom. The molecule has 3 aromatic carbocycles. The van der Waals surface area contributed by atoms with E-state index in [9.17, 15) is 22.8 Å².